The van der Waals surface area contributed by atoms with Crippen LogP contribution in [0.15, 0.2) is 23.0 Å². The number of benzene rings is 1. The molecule has 0 aliphatic carbocycles. The highest BCUT2D eigenvalue weighted by molar-refractivity contribution is 5.84. The first-order valence-electron chi connectivity index (χ1n) is 5.26. The largest absolute Gasteiger partial charge is 0.468 e. The van der Waals surface area contributed by atoms with Gasteiger partial charge in [-0.2, -0.15) is 0 Å². The SMILES string of the molecule is COC(=O)C(C)(C)c1ccc2[nH]c(=O)[nH]c2c1. The molecule has 0 unspecified atom stereocenters. The normalized spacial score (nSPS) is 11.7. The summed E-state index contributed by atoms with van der Waals surface area (Å²) in [6, 6.07) is 5.36. The minimum Gasteiger partial charge on any atom is -0.468 e. The van der Waals surface area contributed by atoms with E-state index in [1.165, 1.54) is 7.11 Å². The standard InChI is InChI=1S/C12H14N2O3/c1-12(2,10(15)17-3)7-4-5-8-9(6-7)14-11(16)13-8/h4-6H,1-3H3,(H2,13,14,16). The van der Waals surface area contributed by atoms with E-state index in [0.717, 1.165) is 11.1 Å². The number of ether oxygens (including phenoxy) is 1. The molecular formula is C12H14N2O3. The topological polar surface area (TPSA) is 75.0 Å². The van der Waals surface area contributed by atoms with Crippen LogP contribution in [0.3, 0.4) is 0 Å². The Kier molecular flexibility index (Phi) is 2.53. The van der Waals surface area contributed by atoms with Crippen molar-refractivity contribution in [1.29, 1.82) is 0 Å². The maximum absolute atomic E-state index is 11.7. The summed E-state index contributed by atoms with van der Waals surface area (Å²) < 4.78 is 4.77. The van der Waals surface area contributed by atoms with E-state index in [4.69, 9.17) is 4.74 Å². The van der Waals surface area contributed by atoms with Gasteiger partial charge in [-0.25, -0.2) is 4.79 Å². The van der Waals surface area contributed by atoms with Crippen LogP contribution >= 0.6 is 0 Å². The maximum Gasteiger partial charge on any atom is 0.323 e. The number of aromatic amines is 2. The number of rotatable bonds is 2. The molecule has 0 atom stereocenters. The predicted molar refractivity (Wildman–Crippen MR) is 64.0 cm³/mol. The van der Waals surface area contributed by atoms with Gasteiger partial charge >= 0.3 is 11.7 Å². The van der Waals surface area contributed by atoms with Crippen LogP contribution in [0, 0.1) is 0 Å². The number of H-pyrrole nitrogens is 2. The van der Waals surface area contributed by atoms with Gasteiger partial charge in [-0.1, -0.05) is 6.07 Å². The van der Waals surface area contributed by atoms with Gasteiger partial charge in [0.05, 0.1) is 23.6 Å². The number of aromatic nitrogens is 2. The van der Waals surface area contributed by atoms with Gasteiger partial charge in [0.1, 0.15) is 0 Å². The van der Waals surface area contributed by atoms with E-state index in [-0.39, 0.29) is 11.7 Å². The first-order valence-corrected chi connectivity index (χ1v) is 5.26. The van der Waals surface area contributed by atoms with E-state index in [1.54, 1.807) is 26.0 Å². The van der Waals surface area contributed by atoms with Gasteiger partial charge in [-0.3, -0.25) is 4.79 Å². The Morgan fingerprint density at radius 1 is 1.24 bits per heavy atom. The number of methoxy groups -OCH3 is 1. The molecule has 0 fully saturated rings. The lowest BCUT2D eigenvalue weighted by Gasteiger charge is -2.21. The van der Waals surface area contributed by atoms with Gasteiger partial charge in [0.2, 0.25) is 0 Å². The second kappa shape index (κ2) is 3.76. The van der Waals surface area contributed by atoms with Crippen LogP contribution in [0.2, 0.25) is 0 Å². The van der Waals surface area contributed by atoms with Crippen LogP contribution in [-0.2, 0) is 14.9 Å². The lowest BCUT2D eigenvalue weighted by Crippen LogP contribution is -2.30. The van der Waals surface area contributed by atoms with Gasteiger partial charge in [-0.05, 0) is 31.5 Å². The summed E-state index contributed by atoms with van der Waals surface area (Å²) in [4.78, 5) is 28.1. The molecule has 0 saturated carbocycles. The molecular weight excluding hydrogens is 220 g/mol. The number of fused-ring (bicyclic) bond motifs is 1. The maximum atomic E-state index is 11.7. The second-order valence-corrected chi connectivity index (χ2v) is 4.46. The first kappa shape index (κ1) is 11.4. The zero-order valence-corrected chi connectivity index (χ0v) is 9.96. The van der Waals surface area contributed by atoms with E-state index in [9.17, 15) is 9.59 Å². The molecule has 1 aromatic heterocycles. The molecule has 5 heteroatoms. The molecule has 2 rings (SSSR count). The van der Waals surface area contributed by atoms with E-state index in [2.05, 4.69) is 9.97 Å². The second-order valence-electron chi connectivity index (χ2n) is 4.46. The molecule has 90 valence electrons. The highest BCUT2D eigenvalue weighted by Crippen LogP contribution is 2.26. The monoisotopic (exact) mass is 234 g/mol. The number of nitrogens with one attached hydrogen (secondary N) is 2. The number of esters is 1. The summed E-state index contributed by atoms with van der Waals surface area (Å²) in [6.07, 6.45) is 0. The van der Waals surface area contributed by atoms with Crippen molar-refractivity contribution >= 4 is 17.0 Å². The highest BCUT2D eigenvalue weighted by Gasteiger charge is 2.31. The van der Waals surface area contributed by atoms with Crippen molar-refractivity contribution in [3.05, 3.63) is 34.2 Å². The highest BCUT2D eigenvalue weighted by atomic mass is 16.5. The lowest BCUT2D eigenvalue weighted by atomic mass is 9.84. The summed E-state index contributed by atoms with van der Waals surface area (Å²) in [6.45, 7) is 3.57. The van der Waals surface area contributed by atoms with Crippen LogP contribution in [0.25, 0.3) is 11.0 Å². The number of hydrogen-bond donors (Lipinski definition) is 2. The van der Waals surface area contributed by atoms with Crippen molar-refractivity contribution in [3.8, 4) is 0 Å². The molecule has 0 spiro atoms. The third-order valence-electron chi connectivity index (χ3n) is 2.93. The van der Waals surface area contributed by atoms with E-state index in [1.807, 2.05) is 6.07 Å². The molecule has 1 aromatic carbocycles. The van der Waals surface area contributed by atoms with Crippen LogP contribution < -0.4 is 5.69 Å². The molecule has 0 aliphatic rings. The van der Waals surface area contributed by atoms with Crippen LogP contribution in [0.1, 0.15) is 19.4 Å². The lowest BCUT2D eigenvalue weighted by molar-refractivity contribution is -0.146. The number of carbonyl (C=O) groups excluding carboxylic acids is 1. The summed E-state index contributed by atoms with van der Waals surface area (Å²) in [5, 5.41) is 0. The summed E-state index contributed by atoms with van der Waals surface area (Å²) in [5.74, 6) is -0.310. The minimum absolute atomic E-state index is 0.256. The zero-order valence-electron chi connectivity index (χ0n) is 9.96. The first-order chi connectivity index (χ1) is 7.95. The number of hydrogen-bond acceptors (Lipinski definition) is 3. The number of carbonyl (C=O) groups is 1. The minimum atomic E-state index is -0.739. The van der Waals surface area contributed by atoms with Gasteiger partial charge in [0.15, 0.2) is 0 Å². The van der Waals surface area contributed by atoms with Crippen molar-refractivity contribution < 1.29 is 9.53 Å². The zero-order chi connectivity index (χ0) is 12.6. The van der Waals surface area contributed by atoms with Crippen molar-refractivity contribution in [1.82, 2.24) is 9.97 Å². The smallest absolute Gasteiger partial charge is 0.323 e. The van der Waals surface area contributed by atoms with E-state index < -0.39 is 5.41 Å². The molecule has 0 bridgehead atoms. The fourth-order valence-corrected chi connectivity index (χ4v) is 1.79. The molecule has 17 heavy (non-hydrogen) atoms. The van der Waals surface area contributed by atoms with Crippen LogP contribution in [0.5, 0.6) is 0 Å². The molecule has 1 heterocycles. The molecule has 2 N–H and O–H groups in total. The Morgan fingerprint density at radius 3 is 2.53 bits per heavy atom. The van der Waals surface area contributed by atoms with E-state index in [0.29, 0.717) is 5.52 Å². The Morgan fingerprint density at radius 2 is 1.88 bits per heavy atom. The van der Waals surface area contributed by atoms with Crippen molar-refractivity contribution in [2.45, 2.75) is 19.3 Å². The molecule has 0 amide bonds. The average Bonchev–Trinajstić information content (AvgIpc) is 2.66. The van der Waals surface area contributed by atoms with Gasteiger partial charge in [0.25, 0.3) is 0 Å². The fraction of sp³-hybridized carbons (Fsp3) is 0.333. The van der Waals surface area contributed by atoms with Crippen LogP contribution in [0.4, 0.5) is 0 Å². The molecule has 5 nitrogen and oxygen atoms in total. The number of imidazole rings is 1. The van der Waals surface area contributed by atoms with Crippen molar-refractivity contribution in [2.75, 3.05) is 7.11 Å². The summed E-state index contributed by atoms with van der Waals surface area (Å²) >= 11 is 0. The molecule has 2 aromatic rings. The fourth-order valence-electron chi connectivity index (χ4n) is 1.79. The Balaban J connectivity index is 2.56. The van der Waals surface area contributed by atoms with Crippen molar-refractivity contribution in [3.63, 3.8) is 0 Å². The predicted octanol–water partition coefficient (Wildman–Crippen LogP) is 1.31. The summed E-state index contributed by atoms with van der Waals surface area (Å²) in [7, 11) is 1.36. The molecule has 0 radical (unpaired) electrons. The third-order valence-corrected chi connectivity index (χ3v) is 2.93. The average molecular weight is 234 g/mol. The Labute approximate surface area is 97.8 Å². The van der Waals surface area contributed by atoms with Crippen LogP contribution in [-0.4, -0.2) is 23.0 Å². The Hall–Kier alpha value is -2.04. The third kappa shape index (κ3) is 1.84. The summed E-state index contributed by atoms with van der Waals surface area (Å²) in [5.41, 5.74) is 1.21. The Bertz CT molecular complexity index is 622. The van der Waals surface area contributed by atoms with Gasteiger partial charge in [-0.15, -0.1) is 0 Å². The van der Waals surface area contributed by atoms with Gasteiger partial charge in [0, 0.05) is 0 Å². The van der Waals surface area contributed by atoms with Crippen molar-refractivity contribution in [2.24, 2.45) is 0 Å². The van der Waals surface area contributed by atoms with Gasteiger partial charge < -0.3 is 14.7 Å². The molecule has 0 saturated heterocycles. The van der Waals surface area contributed by atoms with E-state index >= 15 is 0 Å². The quantitative estimate of drug-likeness (QED) is 0.769. The molecule has 0 aliphatic heterocycles.